The molecule has 0 spiro atoms. The molecule has 0 saturated heterocycles. The highest BCUT2D eigenvalue weighted by molar-refractivity contribution is 6.07. The van der Waals surface area contributed by atoms with Crippen molar-refractivity contribution >= 4 is 5.78 Å². The van der Waals surface area contributed by atoms with Crippen molar-refractivity contribution < 1.29 is 4.79 Å². The number of hydrogen-bond acceptors (Lipinski definition) is 1. The van der Waals surface area contributed by atoms with Crippen molar-refractivity contribution in [2.45, 2.75) is 0 Å². The van der Waals surface area contributed by atoms with Gasteiger partial charge in [0.1, 0.15) is 0 Å². The number of nitrogens with one attached hydrogen (secondary N) is 2. The molecule has 0 atom stereocenters. The van der Waals surface area contributed by atoms with Crippen LogP contribution in [0.25, 0.3) is 0 Å². The second-order valence-corrected chi connectivity index (χ2v) is 2.51. The third-order valence-corrected chi connectivity index (χ3v) is 1.70. The molecule has 0 radical (unpaired) electrons. The van der Waals surface area contributed by atoms with Gasteiger partial charge in [0, 0.05) is 24.2 Å². The minimum Gasteiger partial charge on any atom is -0.367 e. The lowest BCUT2D eigenvalue weighted by Crippen LogP contribution is -1.99. The Hall–Kier alpha value is -1.77. The Balaban J connectivity index is 2.34. The fourth-order valence-electron chi connectivity index (χ4n) is 1.09. The van der Waals surface area contributed by atoms with Crippen LogP contribution in [0.5, 0.6) is 0 Å². The second kappa shape index (κ2) is 2.70. The molecule has 2 rings (SSSR count). The van der Waals surface area contributed by atoms with E-state index in [0.717, 1.165) is 0 Å². The van der Waals surface area contributed by atoms with E-state index in [1.54, 1.807) is 36.8 Å². The van der Waals surface area contributed by atoms with E-state index in [1.807, 2.05) is 0 Å². The van der Waals surface area contributed by atoms with Crippen LogP contribution in [0.2, 0.25) is 0 Å². The van der Waals surface area contributed by atoms with Crippen LogP contribution < -0.4 is 0 Å². The SMILES string of the molecule is O=C(c1cc[nH]c1)c1ccc[nH]1. The summed E-state index contributed by atoms with van der Waals surface area (Å²) in [4.78, 5) is 17.2. The molecule has 60 valence electrons. The fraction of sp³-hybridized carbons (Fsp3) is 0. The maximum atomic E-state index is 11.5. The van der Waals surface area contributed by atoms with Gasteiger partial charge in [-0.15, -0.1) is 0 Å². The molecule has 0 aliphatic carbocycles. The Morgan fingerprint density at radius 1 is 1.25 bits per heavy atom. The minimum absolute atomic E-state index is 0.0150. The number of carbonyl (C=O) groups is 1. The van der Waals surface area contributed by atoms with E-state index in [-0.39, 0.29) is 5.78 Å². The normalized spacial score (nSPS) is 10.0. The largest absolute Gasteiger partial charge is 0.367 e. The summed E-state index contributed by atoms with van der Waals surface area (Å²) in [5.74, 6) is 0.0150. The first-order valence-electron chi connectivity index (χ1n) is 3.69. The van der Waals surface area contributed by atoms with Crippen LogP contribution in [0.15, 0.2) is 36.8 Å². The van der Waals surface area contributed by atoms with Crippen LogP contribution in [0.3, 0.4) is 0 Å². The standard InChI is InChI=1S/C9H8N2O/c12-9(7-3-5-10-6-7)8-2-1-4-11-8/h1-6,10-11H. The van der Waals surface area contributed by atoms with Crippen LogP contribution in [-0.4, -0.2) is 15.8 Å². The first-order valence-corrected chi connectivity index (χ1v) is 3.69. The lowest BCUT2D eigenvalue weighted by atomic mass is 10.2. The summed E-state index contributed by atoms with van der Waals surface area (Å²) in [6.07, 6.45) is 5.15. The highest BCUT2D eigenvalue weighted by Crippen LogP contribution is 2.05. The summed E-state index contributed by atoms with van der Waals surface area (Å²) < 4.78 is 0. The van der Waals surface area contributed by atoms with Gasteiger partial charge in [-0.1, -0.05) is 0 Å². The average Bonchev–Trinajstić information content (AvgIpc) is 2.77. The van der Waals surface area contributed by atoms with Gasteiger partial charge < -0.3 is 9.97 Å². The lowest BCUT2D eigenvalue weighted by molar-refractivity contribution is 0.103. The summed E-state index contributed by atoms with van der Waals surface area (Å²) in [7, 11) is 0. The molecule has 0 fully saturated rings. The molecule has 0 amide bonds. The molecule has 12 heavy (non-hydrogen) atoms. The molecule has 0 bridgehead atoms. The molecule has 0 aromatic carbocycles. The topological polar surface area (TPSA) is 48.6 Å². The van der Waals surface area contributed by atoms with Gasteiger partial charge >= 0.3 is 0 Å². The smallest absolute Gasteiger partial charge is 0.210 e. The molecule has 0 unspecified atom stereocenters. The number of H-pyrrole nitrogens is 2. The van der Waals surface area contributed by atoms with E-state index in [1.165, 1.54) is 0 Å². The maximum absolute atomic E-state index is 11.5. The number of aromatic amines is 2. The highest BCUT2D eigenvalue weighted by Gasteiger charge is 2.08. The zero-order chi connectivity index (χ0) is 8.39. The molecular formula is C9H8N2O. The monoisotopic (exact) mass is 160 g/mol. The van der Waals surface area contributed by atoms with Gasteiger partial charge in [0.25, 0.3) is 0 Å². The summed E-state index contributed by atoms with van der Waals surface area (Å²) in [6, 6.07) is 5.32. The first kappa shape index (κ1) is 6.91. The van der Waals surface area contributed by atoms with Crippen molar-refractivity contribution in [3.05, 3.63) is 48.0 Å². The fourth-order valence-corrected chi connectivity index (χ4v) is 1.09. The van der Waals surface area contributed by atoms with Gasteiger partial charge in [0.15, 0.2) is 0 Å². The molecular weight excluding hydrogens is 152 g/mol. The zero-order valence-electron chi connectivity index (χ0n) is 6.37. The van der Waals surface area contributed by atoms with Crippen molar-refractivity contribution in [1.29, 1.82) is 0 Å². The molecule has 2 heterocycles. The van der Waals surface area contributed by atoms with E-state index >= 15 is 0 Å². The summed E-state index contributed by atoms with van der Waals surface area (Å²) in [5.41, 5.74) is 1.30. The Labute approximate surface area is 69.4 Å². The molecule has 3 nitrogen and oxygen atoms in total. The van der Waals surface area contributed by atoms with Crippen molar-refractivity contribution in [3.63, 3.8) is 0 Å². The zero-order valence-corrected chi connectivity index (χ0v) is 6.37. The van der Waals surface area contributed by atoms with Gasteiger partial charge in [0.2, 0.25) is 5.78 Å². The second-order valence-electron chi connectivity index (χ2n) is 2.51. The van der Waals surface area contributed by atoms with Gasteiger partial charge in [-0.2, -0.15) is 0 Å². The van der Waals surface area contributed by atoms with Crippen molar-refractivity contribution in [1.82, 2.24) is 9.97 Å². The van der Waals surface area contributed by atoms with Gasteiger partial charge in [-0.05, 0) is 18.2 Å². The Kier molecular flexibility index (Phi) is 1.55. The molecule has 2 aromatic rings. The Morgan fingerprint density at radius 2 is 2.17 bits per heavy atom. The van der Waals surface area contributed by atoms with E-state index in [4.69, 9.17) is 0 Å². The van der Waals surface area contributed by atoms with E-state index in [0.29, 0.717) is 11.3 Å². The molecule has 2 aromatic heterocycles. The molecule has 0 aliphatic rings. The van der Waals surface area contributed by atoms with Crippen LogP contribution in [-0.2, 0) is 0 Å². The number of aromatic nitrogens is 2. The number of carbonyl (C=O) groups excluding carboxylic acids is 1. The van der Waals surface area contributed by atoms with Crippen LogP contribution in [0, 0.1) is 0 Å². The average molecular weight is 160 g/mol. The van der Waals surface area contributed by atoms with E-state index < -0.39 is 0 Å². The summed E-state index contributed by atoms with van der Waals surface area (Å²) >= 11 is 0. The van der Waals surface area contributed by atoms with Gasteiger partial charge in [0.05, 0.1) is 5.69 Å². The molecule has 0 aliphatic heterocycles. The highest BCUT2D eigenvalue weighted by atomic mass is 16.1. The summed E-state index contributed by atoms with van der Waals surface area (Å²) in [5, 5.41) is 0. The predicted molar refractivity (Wildman–Crippen MR) is 45.0 cm³/mol. The van der Waals surface area contributed by atoms with Gasteiger partial charge in [-0.3, -0.25) is 4.79 Å². The Bertz CT molecular complexity index is 323. The maximum Gasteiger partial charge on any atom is 0.210 e. The van der Waals surface area contributed by atoms with Crippen LogP contribution in [0.4, 0.5) is 0 Å². The molecule has 0 saturated carbocycles. The molecule has 2 N–H and O–H groups in total. The predicted octanol–water partition coefficient (Wildman–Crippen LogP) is 1.57. The van der Waals surface area contributed by atoms with Crippen LogP contribution in [0.1, 0.15) is 16.1 Å². The number of rotatable bonds is 2. The minimum atomic E-state index is 0.0150. The Morgan fingerprint density at radius 3 is 2.75 bits per heavy atom. The number of ketones is 1. The number of hydrogen-bond donors (Lipinski definition) is 2. The third-order valence-electron chi connectivity index (χ3n) is 1.70. The van der Waals surface area contributed by atoms with Crippen LogP contribution >= 0.6 is 0 Å². The van der Waals surface area contributed by atoms with Crippen molar-refractivity contribution in [2.24, 2.45) is 0 Å². The quantitative estimate of drug-likeness (QED) is 0.644. The third kappa shape index (κ3) is 1.05. The van der Waals surface area contributed by atoms with E-state index in [2.05, 4.69) is 9.97 Å². The molecule has 3 heteroatoms. The first-order chi connectivity index (χ1) is 5.88. The summed E-state index contributed by atoms with van der Waals surface area (Å²) in [6.45, 7) is 0. The van der Waals surface area contributed by atoms with Crippen molar-refractivity contribution in [3.8, 4) is 0 Å². The lowest BCUT2D eigenvalue weighted by Gasteiger charge is -1.91. The van der Waals surface area contributed by atoms with Gasteiger partial charge in [-0.25, -0.2) is 0 Å². The van der Waals surface area contributed by atoms with E-state index in [9.17, 15) is 4.79 Å². The van der Waals surface area contributed by atoms with Crippen molar-refractivity contribution in [2.75, 3.05) is 0 Å².